The Bertz CT molecular complexity index is 1390. The summed E-state index contributed by atoms with van der Waals surface area (Å²) in [6.45, 7) is -0.568. The molecule has 0 aliphatic carbocycles. The number of nitrogens with one attached hydrogen (secondary N) is 2. The fourth-order valence-corrected chi connectivity index (χ4v) is 5.17. The van der Waals surface area contributed by atoms with E-state index in [1.165, 1.54) is 24.4 Å². The number of carbonyl (C=O) groups is 1. The molecule has 194 valence electrons. The summed E-state index contributed by atoms with van der Waals surface area (Å²) in [5, 5.41) is 2.76. The summed E-state index contributed by atoms with van der Waals surface area (Å²) in [6, 6.07) is 6.11. The average molecular weight is 537 g/mol. The Morgan fingerprint density at radius 3 is 2.78 bits per heavy atom. The molecule has 12 heteroatoms. The van der Waals surface area contributed by atoms with Crippen LogP contribution in [-0.4, -0.2) is 39.7 Å². The molecule has 2 N–H and O–H groups in total. The van der Waals surface area contributed by atoms with Crippen LogP contribution in [0.15, 0.2) is 47.5 Å². The number of nitrogens with zero attached hydrogens (tertiary/aromatic N) is 2. The zero-order chi connectivity index (χ0) is 26.3. The van der Waals surface area contributed by atoms with Crippen LogP contribution >= 0.6 is 11.6 Å². The molecule has 1 saturated heterocycles. The van der Waals surface area contributed by atoms with E-state index >= 15 is 4.39 Å². The second kappa shape index (κ2) is 9.70. The fourth-order valence-electron chi connectivity index (χ4n) is 4.90. The molecule has 1 aromatic carbocycles. The first-order valence-electron chi connectivity index (χ1n) is 11.5. The lowest BCUT2D eigenvalue weighted by molar-refractivity contribution is -0.139. The standard InChI is InChI=1S/C25H21ClF4N4O3/c26-18-10-20(19(27)9-16(18)13-1-4-23(32-11-13)37-6-5-25(28,29)30)33-24(36)34-15-2-3-21(34)17-12-31-22(35)8-14(17)7-15/h1,4,8-12,15,21H,2-3,5-7H2,(H,31,35)(H,33,36). The van der Waals surface area contributed by atoms with Crippen molar-refractivity contribution in [3.63, 3.8) is 0 Å². The lowest BCUT2D eigenvalue weighted by atomic mass is 9.95. The number of H-pyrrole nitrogens is 1. The van der Waals surface area contributed by atoms with Gasteiger partial charge in [0.25, 0.3) is 0 Å². The summed E-state index contributed by atoms with van der Waals surface area (Å²) in [5.74, 6) is -0.720. The third kappa shape index (κ3) is 5.27. The van der Waals surface area contributed by atoms with Crippen LogP contribution in [0.25, 0.3) is 11.1 Å². The maximum absolute atomic E-state index is 15.0. The Hall–Kier alpha value is -3.60. The highest BCUT2D eigenvalue weighted by atomic mass is 35.5. The van der Waals surface area contributed by atoms with Crippen molar-refractivity contribution in [3.05, 3.63) is 75.0 Å². The molecule has 2 unspecified atom stereocenters. The highest BCUT2D eigenvalue weighted by Gasteiger charge is 2.43. The van der Waals surface area contributed by atoms with Crippen LogP contribution in [0.4, 0.5) is 28.0 Å². The fraction of sp³-hybridized carbons (Fsp3) is 0.320. The van der Waals surface area contributed by atoms with Crippen molar-refractivity contribution in [2.24, 2.45) is 0 Å². The molecule has 2 aromatic heterocycles. The van der Waals surface area contributed by atoms with Crippen LogP contribution in [0, 0.1) is 5.82 Å². The highest BCUT2D eigenvalue weighted by molar-refractivity contribution is 6.33. The van der Waals surface area contributed by atoms with Crippen molar-refractivity contribution >= 4 is 23.3 Å². The third-order valence-corrected chi connectivity index (χ3v) is 6.89. The number of ether oxygens (including phenoxy) is 1. The SMILES string of the molecule is O=C(Nc1cc(Cl)c(-c2ccc(OCCC(F)(F)F)nc2)cc1F)N1C2CCC1c1c[nH]c(=O)cc1C2. The molecular formula is C25H21ClF4N4O3. The summed E-state index contributed by atoms with van der Waals surface area (Å²) in [5.41, 5.74) is 2.24. The Kier molecular flexibility index (Phi) is 6.57. The van der Waals surface area contributed by atoms with Crippen LogP contribution < -0.4 is 15.6 Å². The zero-order valence-electron chi connectivity index (χ0n) is 19.2. The van der Waals surface area contributed by atoms with Crippen molar-refractivity contribution in [1.29, 1.82) is 0 Å². The molecule has 2 aliphatic heterocycles. The van der Waals surface area contributed by atoms with Crippen LogP contribution in [-0.2, 0) is 6.42 Å². The normalized spacial score (nSPS) is 18.5. The van der Waals surface area contributed by atoms with Crippen LogP contribution in [0.2, 0.25) is 5.02 Å². The summed E-state index contributed by atoms with van der Waals surface area (Å²) < 4.78 is 56.8. The van der Waals surface area contributed by atoms with E-state index in [9.17, 15) is 22.8 Å². The first kappa shape index (κ1) is 25.1. The number of aromatic nitrogens is 2. The number of carbonyl (C=O) groups excluding carboxylic acids is 1. The van der Waals surface area contributed by atoms with Crippen molar-refractivity contribution in [2.75, 3.05) is 11.9 Å². The molecule has 0 radical (unpaired) electrons. The molecule has 2 amide bonds. The largest absolute Gasteiger partial charge is 0.477 e. The Labute approximate surface area is 213 Å². The van der Waals surface area contributed by atoms with E-state index < -0.39 is 31.1 Å². The van der Waals surface area contributed by atoms with E-state index in [0.29, 0.717) is 17.5 Å². The summed E-state index contributed by atoms with van der Waals surface area (Å²) in [7, 11) is 0. The molecular weight excluding hydrogens is 516 g/mol. The molecule has 4 heterocycles. The first-order valence-corrected chi connectivity index (χ1v) is 11.9. The molecule has 2 aliphatic rings. The highest BCUT2D eigenvalue weighted by Crippen LogP contribution is 2.43. The molecule has 2 atom stereocenters. The van der Waals surface area contributed by atoms with Gasteiger partial charge < -0.3 is 19.9 Å². The van der Waals surface area contributed by atoms with Crippen LogP contribution in [0.5, 0.6) is 5.88 Å². The molecule has 1 fully saturated rings. The van der Waals surface area contributed by atoms with E-state index in [0.717, 1.165) is 30.0 Å². The second-order valence-electron chi connectivity index (χ2n) is 8.98. The van der Waals surface area contributed by atoms with Gasteiger partial charge in [-0.25, -0.2) is 14.2 Å². The van der Waals surface area contributed by atoms with Gasteiger partial charge in [-0.2, -0.15) is 13.2 Å². The zero-order valence-corrected chi connectivity index (χ0v) is 20.0. The molecule has 7 nitrogen and oxygen atoms in total. The van der Waals surface area contributed by atoms with Crippen LogP contribution in [0.3, 0.4) is 0 Å². The van der Waals surface area contributed by atoms with Gasteiger partial charge in [0.05, 0.1) is 29.8 Å². The number of amides is 2. The Morgan fingerprint density at radius 2 is 2.05 bits per heavy atom. The number of alkyl halides is 3. The minimum Gasteiger partial charge on any atom is -0.477 e. The number of anilines is 1. The molecule has 0 spiro atoms. The van der Waals surface area contributed by atoms with Gasteiger partial charge in [-0.3, -0.25) is 4.79 Å². The predicted molar refractivity (Wildman–Crippen MR) is 128 cm³/mol. The molecule has 5 rings (SSSR count). The van der Waals surface area contributed by atoms with E-state index in [4.69, 9.17) is 16.3 Å². The maximum atomic E-state index is 15.0. The van der Waals surface area contributed by atoms with Crippen LogP contribution in [0.1, 0.15) is 36.4 Å². The van der Waals surface area contributed by atoms with E-state index in [1.54, 1.807) is 17.2 Å². The van der Waals surface area contributed by atoms with Gasteiger partial charge >= 0.3 is 12.2 Å². The van der Waals surface area contributed by atoms with E-state index in [-0.39, 0.29) is 34.2 Å². The summed E-state index contributed by atoms with van der Waals surface area (Å²) in [6.07, 6.45) is -0.430. The van der Waals surface area contributed by atoms with Crippen molar-refractivity contribution in [2.45, 2.75) is 43.9 Å². The lowest BCUT2D eigenvalue weighted by Gasteiger charge is -2.36. The predicted octanol–water partition coefficient (Wildman–Crippen LogP) is 5.85. The molecule has 0 saturated carbocycles. The summed E-state index contributed by atoms with van der Waals surface area (Å²) >= 11 is 6.38. The first-order chi connectivity index (χ1) is 17.6. The van der Waals surface area contributed by atoms with Gasteiger partial charge in [0, 0.05) is 41.7 Å². The molecule has 3 aromatic rings. The summed E-state index contributed by atoms with van der Waals surface area (Å²) in [4.78, 5) is 33.1. The van der Waals surface area contributed by atoms with Gasteiger partial charge in [-0.05, 0) is 48.6 Å². The van der Waals surface area contributed by atoms with E-state index in [1.807, 2.05) is 0 Å². The smallest absolute Gasteiger partial charge is 0.392 e. The van der Waals surface area contributed by atoms with E-state index in [2.05, 4.69) is 15.3 Å². The number of hydrogen-bond acceptors (Lipinski definition) is 4. The van der Waals surface area contributed by atoms with Gasteiger partial charge in [0.2, 0.25) is 11.4 Å². The van der Waals surface area contributed by atoms with Gasteiger partial charge in [0.1, 0.15) is 5.82 Å². The van der Waals surface area contributed by atoms with Gasteiger partial charge in [0.15, 0.2) is 0 Å². The van der Waals surface area contributed by atoms with Gasteiger partial charge in [-0.1, -0.05) is 11.6 Å². The quantitative estimate of drug-likeness (QED) is 0.400. The minimum atomic E-state index is -4.33. The number of benzene rings is 1. The van der Waals surface area contributed by atoms with Gasteiger partial charge in [-0.15, -0.1) is 0 Å². The lowest BCUT2D eigenvalue weighted by Crippen LogP contribution is -2.44. The second-order valence-corrected chi connectivity index (χ2v) is 9.38. The number of fused-ring (bicyclic) bond motifs is 4. The number of hydrogen-bond donors (Lipinski definition) is 2. The number of rotatable bonds is 5. The number of aromatic amines is 1. The number of urea groups is 1. The van der Waals surface area contributed by atoms with Crippen molar-refractivity contribution in [1.82, 2.24) is 14.9 Å². The monoisotopic (exact) mass is 536 g/mol. The Balaban J connectivity index is 1.29. The maximum Gasteiger partial charge on any atom is 0.392 e. The molecule has 37 heavy (non-hydrogen) atoms. The third-order valence-electron chi connectivity index (χ3n) is 6.58. The van der Waals surface area contributed by atoms with Crippen molar-refractivity contribution in [3.8, 4) is 17.0 Å². The van der Waals surface area contributed by atoms with Crippen molar-refractivity contribution < 1.29 is 27.1 Å². The average Bonchev–Trinajstić information content (AvgIpc) is 3.15. The molecule has 2 bridgehead atoms. The topological polar surface area (TPSA) is 87.3 Å². The number of pyridine rings is 2. The Morgan fingerprint density at radius 1 is 1.24 bits per heavy atom. The number of halogens is 5. The minimum absolute atomic E-state index is 0.00436.